The molecule has 0 unspecified atom stereocenters. The van der Waals surface area contributed by atoms with Crippen LogP contribution in [0.15, 0.2) is 48.5 Å². The molecule has 0 bridgehead atoms. The molecule has 0 saturated heterocycles. The van der Waals surface area contributed by atoms with Crippen molar-refractivity contribution < 1.29 is 24.2 Å². The molecule has 2 aromatic carbocycles. The zero-order valence-electron chi connectivity index (χ0n) is 19.9. The summed E-state index contributed by atoms with van der Waals surface area (Å²) in [4.78, 5) is 39.1. The summed E-state index contributed by atoms with van der Waals surface area (Å²) in [6, 6.07) is 15.3. The lowest BCUT2D eigenvalue weighted by molar-refractivity contribution is -0.147. The summed E-state index contributed by atoms with van der Waals surface area (Å²) in [5.74, 6) is -0.807. The maximum Gasteiger partial charge on any atom is 0.407 e. The van der Waals surface area contributed by atoms with Gasteiger partial charge in [-0.05, 0) is 53.5 Å². The molecule has 2 aliphatic rings. The molecular formula is C27H32N2O5S. The molecule has 186 valence electrons. The fourth-order valence-electron chi connectivity index (χ4n) is 5.22. The number of carbonyl (C=O) groups is 3. The number of rotatable bonds is 10. The van der Waals surface area contributed by atoms with Crippen molar-refractivity contribution >= 4 is 29.7 Å². The molecule has 0 heterocycles. The Morgan fingerprint density at radius 2 is 1.66 bits per heavy atom. The minimum absolute atomic E-state index is 0.0736. The van der Waals surface area contributed by atoms with Gasteiger partial charge in [0.2, 0.25) is 5.91 Å². The van der Waals surface area contributed by atoms with E-state index in [4.69, 9.17) is 4.74 Å². The van der Waals surface area contributed by atoms with Crippen molar-refractivity contribution in [2.24, 2.45) is 0 Å². The predicted molar refractivity (Wildman–Crippen MR) is 137 cm³/mol. The molecule has 2 aromatic rings. The van der Waals surface area contributed by atoms with Crippen LogP contribution < -0.4 is 5.32 Å². The first-order valence-electron chi connectivity index (χ1n) is 12.1. The van der Waals surface area contributed by atoms with Gasteiger partial charge < -0.3 is 20.1 Å². The first-order chi connectivity index (χ1) is 17.0. The summed E-state index contributed by atoms with van der Waals surface area (Å²) in [6.07, 6.45) is 5.21. The summed E-state index contributed by atoms with van der Waals surface area (Å²) in [7, 11) is 0. The molecule has 1 fully saturated rings. The topological polar surface area (TPSA) is 95.9 Å². The molecule has 8 heteroatoms. The lowest BCUT2D eigenvalue weighted by Crippen LogP contribution is -2.53. The van der Waals surface area contributed by atoms with Crippen LogP contribution in [0.5, 0.6) is 0 Å². The molecule has 1 atom stereocenters. The average molecular weight is 497 g/mol. The Bertz CT molecular complexity index is 1020. The van der Waals surface area contributed by atoms with Crippen LogP contribution in [0.3, 0.4) is 0 Å². The van der Waals surface area contributed by atoms with Crippen molar-refractivity contribution in [2.75, 3.05) is 25.2 Å². The van der Waals surface area contributed by atoms with Crippen molar-refractivity contribution in [3.05, 3.63) is 59.7 Å². The number of aliphatic carboxylic acids is 1. The number of amides is 2. The molecule has 0 aliphatic heterocycles. The molecule has 0 spiro atoms. The first kappa shape index (κ1) is 25.1. The highest BCUT2D eigenvalue weighted by molar-refractivity contribution is 7.98. The van der Waals surface area contributed by atoms with Crippen LogP contribution in [0.4, 0.5) is 4.79 Å². The summed E-state index contributed by atoms with van der Waals surface area (Å²) in [6.45, 7) is -0.198. The fraction of sp³-hybridized carbons (Fsp3) is 0.444. The van der Waals surface area contributed by atoms with Crippen LogP contribution in [0.2, 0.25) is 0 Å². The van der Waals surface area contributed by atoms with Crippen molar-refractivity contribution in [3.8, 4) is 11.1 Å². The number of nitrogens with one attached hydrogen (secondary N) is 1. The number of nitrogens with zero attached hydrogens (tertiary/aromatic N) is 1. The molecule has 35 heavy (non-hydrogen) atoms. The standard InChI is InChI=1S/C27H32N2O5S/c1-35-15-14-24(26(32)29(16-25(30)31)18-8-2-3-9-18)28-27(33)34-17-23-21-12-6-4-10-19(21)20-11-5-7-13-22(20)23/h4-7,10-13,18,23-24H,2-3,8-9,14-17H2,1H3,(H,28,33)(H,30,31)/t24-/m1/s1. The van der Waals surface area contributed by atoms with Gasteiger partial charge in [0.25, 0.3) is 0 Å². The summed E-state index contributed by atoms with van der Waals surface area (Å²) in [5.41, 5.74) is 4.52. The van der Waals surface area contributed by atoms with Gasteiger partial charge in [-0.3, -0.25) is 9.59 Å². The van der Waals surface area contributed by atoms with Gasteiger partial charge in [0.15, 0.2) is 0 Å². The smallest absolute Gasteiger partial charge is 0.407 e. The Morgan fingerprint density at radius 1 is 1.06 bits per heavy atom. The second-order valence-corrected chi connectivity index (χ2v) is 10.1. The number of hydrogen-bond donors (Lipinski definition) is 2. The Kier molecular flexibility index (Phi) is 8.33. The van der Waals surface area contributed by atoms with E-state index in [1.165, 1.54) is 4.90 Å². The number of carboxylic acids is 1. The Balaban J connectivity index is 1.44. The third-order valence-corrected chi connectivity index (χ3v) is 7.54. The SMILES string of the molecule is CSCC[C@@H](NC(=O)OCC1c2ccccc2-c2ccccc21)C(=O)N(CC(=O)O)C1CCCC1. The van der Waals surface area contributed by atoms with Gasteiger partial charge in [-0.25, -0.2) is 4.79 Å². The Morgan fingerprint density at radius 3 is 2.23 bits per heavy atom. The van der Waals surface area contributed by atoms with Gasteiger partial charge in [0.05, 0.1) is 0 Å². The van der Waals surface area contributed by atoms with E-state index in [0.717, 1.165) is 47.9 Å². The summed E-state index contributed by atoms with van der Waals surface area (Å²) >= 11 is 1.57. The van der Waals surface area contributed by atoms with E-state index in [1.807, 2.05) is 30.5 Å². The van der Waals surface area contributed by atoms with E-state index in [-0.39, 0.29) is 31.0 Å². The Hall–Kier alpha value is -3.00. The van der Waals surface area contributed by atoms with Crippen LogP contribution in [0.1, 0.15) is 49.1 Å². The van der Waals surface area contributed by atoms with Crippen molar-refractivity contribution in [3.63, 3.8) is 0 Å². The van der Waals surface area contributed by atoms with Gasteiger partial charge in [-0.1, -0.05) is 61.4 Å². The average Bonchev–Trinajstić information content (AvgIpc) is 3.50. The number of benzene rings is 2. The summed E-state index contributed by atoms with van der Waals surface area (Å²) < 4.78 is 5.64. The van der Waals surface area contributed by atoms with Crippen LogP contribution in [-0.4, -0.2) is 65.2 Å². The van der Waals surface area contributed by atoms with Crippen molar-refractivity contribution in [1.29, 1.82) is 0 Å². The predicted octanol–water partition coefficient (Wildman–Crippen LogP) is 4.50. The third kappa shape index (κ3) is 5.81. The molecule has 0 aromatic heterocycles. The summed E-state index contributed by atoms with van der Waals surface area (Å²) in [5, 5.41) is 12.1. The molecule has 4 rings (SSSR count). The molecule has 7 nitrogen and oxygen atoms in total. The van der Waals surface area contributed by atoms with Crippen LogP contribution in [-0.2, 0) is 14.3 Å². The number of hydrogen-bond acceptors (Lipinski definition) is 5. The lowest BCUT2D eigenvalue weighted by atomic mass is 9.98. The molecular weight excluding hydrogens is 464 g/mol. The molecule has 2 N–H and O–H groups in total. The normalized spacial score (nSPS) is 15.8. The Labute approximate surface area is 210 Å². The second-order valence-electron chi connectivity index (χ2n) is 9.10. The zero-order chi connectivity index (χ0) is 24.8. The number of ether oxygens (including phenoxy) is 1. The van der Waals surface area contributed by atoms with E-state index in [0.29, 0.717) is 12.2 Å². The van der Waals surface area contributed by atoms with Crippen molar-refractivity contribution in [1.82, 2.24) is 10.2 Å². The van der Waals surface area contributed by atoms with Gasteiger partial charge >= 0.3 is 12.1 Å². The van der Waals surface area contributed by atoms with Crippen molar-refractivity contribution in [2.45, 2.75) is 50.1 Å². The molecule has 2 aliphatic carbocycles. The minimum atomic E-state index is -1.05. The lowest BCUT2D eigenvalue weighted by Gasteiger charge is -2.31. The molecule has 1 saturated carbocycles. The number of carboxylic acid groups (broad SMARTS) is 1. The number of fused-ring (bicyclic) bond motifs is 3. The minimum Gasteiger partial charge on any atom is -0.480 e. The highest BCUT2D eigenvalue weighted by atomic mass is 32.2. The first-order valence-corrected chi connectivity index (χ1v) is 13.5. The van der Waals surface area contributed by atoms with E-state index in [9.17, 15) is 19.5 Å². The maximum atomic E-state index is 13.4. The highest BCUT2D eigenvalue weighted by Gasteiger charge is 2.34. The van der Waals surface area contributed by atoms with E-state index >= 15 is 0 Å². The number of alkyl carbamates (subject to hydrolysis) is 1. The molecule has 0 radical (unpaired) electrons. The van der Waals surface area contributed by atoms with Gasteiger partial charge in [-0.15, -0.1) is 0 Å². The second kappa shape index (κ2) is 11.6. The van der Waals surface area contributed by atoms with Crippen LogP contribution >= 0.6 is 11.8 Å². The highest BCUT2D eigenvalue weighted by Crippen LogP contribution is 2.44. The van der Waals surface area contributed by atoms with Gasteiger partial charge in [0, 0.05) is 12.0 Å². The van der Waals surface area contributed by atoms with Crippen LogP contribution in [0, 0.1) is 0 Å². The third-order valence-electron chi connectivity index (χ3n) is 6.90. The van der Waals surface area contributed by atoms with Crippen LogP contribution in [0.25, 0.3) is 11.1 Å². The number of carbonyl (C=O) groups excluding carboxylic acids is 2. The zero-order valence-corrected chi connectivity index (χ0v) is 20.8. The maximum absolute atomic E-state index is 13.4. The molecule has 2 amide bonds. The van der Waals surface area contributed by atoms with Gasteiger partial charge in [0.1, 0.15) is 19.2 Å². The monoisotopic (exact) mass is 496 g/mol. The van der Waals surface area contributed by atoms with E-state index in [2.05, 4.69) is 29.6 Å². The van der Waals surface area contributed by atoms with E-state index in [1.54, 1.807) is 11.8 Å². The van der Waals surface area contributed by atoms with Gasteiger partial charge in [-0.2, -0.15) is 11.8 Å². The fourth-order valence-corrected chi connectivity index (χ4v) is 5.70. The largest absolute Gasteiger partial charge is 0.480 e. The quantitative estimate of drug-likeness (QED) is 0.503. The number of thioether (sulfide) groups is 1. The van der Waals surface area contributed by atoms with E-state index < -0.39 is 18.1 Å².